The van der Waals surface area contributed by atoms with E-state index < -0.39 is 0 Å². The van der Waals surface area contributed by atoms with E-state index in [1.165, 1.54) is 0 Å². The number of nitrogens with zero attached hydrogens (tertiary/aromatic N) is 2. The van der Waals surface area contributed by atoms with Gasteiger partial charge in [-0.25, -0.2) is 4.98 Å². The molecule has 2 N–H and O–H groups in total. The van der Waals surface area contributed by atoms with E-state index in [0.717, 1.165) is 23.4 Å². The van der Waals surface area contributed by atoms with Gasteiger partial charge in [0, 0.05) is 37.8 Å². The van der Waals surface area contributed by atoms with Gasteiger partial charge in [-0.3, -0.25) is 4.79 Å². The van der Waals surface area contributed by atoms with Gasteiger partial charge in [-0.1, -0.05) is 24.3 Å². The number of carbonyl (C=O) groups excluding carboxylic acids is 1. The molecule has 0 fully saturated rings. The van der Waals surface area contributed by atoms with Crippen LogP contribution >= 0.6 is 0 Å². The van der Waals surface area contributed by atoms with Crippen LogP contribution in [0.5, 0.6) is 0 Å². The standard InChI is InChI=1S/C15H19N3O/c1-18-11-10-17-15(18)7-6-14(19)13-5-3-2-4-12(13)8-9-16/h2-5,10-11H,6-9,16H2,1H3. The molecule has 0 aliphatic heterocycles. The van der Waals surface area contributed by atoms with Gasteiger partial charge >= 0.3 is 0 Å². The van der Waals surface area contributed by atoms with Crippen LogP contribution in [-0.4, -0.2) is 21.9 Å². The van der Waals surface area contributed by atoms with Crippen molar-refractivity contribution in [2.75, 3.05) is 6.54 Å². The molecule has 1 aromatic carbocycles. The molecule has 0 atom stereocenters. The lowest BCUT2D eigenvalue weighted by Gasteiger charge is -2.07. The van der Waals surface area contributed by atoms with Gasteiger partial charge in [0.25, 0.3) is 0 Å². The number of aryl methyl sites for hydroxylation is 2. The fourth-order valence-electron chi connectivity index (χ4n) is 2.16. The summed E-state index contributed by atoms with van der Waals surface area (Å²) in [6.45, 7) is 0.559. The molecule has 4 heteroatoms. The Morgan fingerprint density at radius 1 is 1.32 bits per heavy atom. The fourth-order valence-corrected chi connectivity index (χ4v) is 2.16. The van der Waals surface area contributed by atoms with E-state index >= 15 is 0 Å². The summed E-state index contributed by atoms with van der Waals surface area (Å²) in [6, 6.07) is 7.70. The molecule has 19 heavy (non-hydrogen) atoms. The first kappa shape index (κ1) is 13.5. The second kappa shape index (κ2) is 6.29. The number of hydrogen-bond donors (Lipinski definition) is 1. The summed E-state index contributed by atoms with van der Waals surface area (Å²) >= 11 is 0. The van der Waals surface area contributed by atoms with Gasteiger partial charge in [-0.05, 0) is 18.5 Å². The van der Waals surface area contributed by atoms with Crippen LogP contribution in [-0.2, 0) is 19.9 Å². The zero-order chi connectivity index (χ0) is 13.7. The number of carbonyl (C=O) groups is 1. The number of ketones is 1. The third kappa shape index (κ3) is 3.29. The highest BCUT2D eigenvalue weighted by Gasteiger charge is 2.11. The highest BCUT2D eigenvalue weighted by molar-refractivity contribution is 5.97. The minimum absolute atomic E-state index is 0.159. The second-order valence-corrected chi connectivity index (χ2v) is 4.57. The Morgan fingerprint density at radius 3 is 2.79 bits per heavy atom. The molecule has 4 nitrogen and oxygen atoms in total. The van der Waals surface area contributed by atoms with Crippen molar-refractivity contribution in [1.29, 1.82) is 0 Å². The van der Waals surface area contributed by atoms with Crippen LogP contribution in [0.1, 0.15) is 28.2 Å². The van der Waals surface area contributed by atoms with Gasteiger partial charge in [-0.2, -0.15) is 0 Å². The Morgan fingerprint density at radius 2 is 2.11 bits per heavy atom. The second-order valence-electron chi connectivity index (χ2n) is 4.57. The van der Waals surface area contributed by atoms with Crippen molar-refractivity contribution in [3.63, 3.8) is 0 Å². The lowest BCUT2D eigenvalue weighted by atomic mass is 9.98. The molecular formula is C15H19N3O. The summed E-state index contributed by atoms with van der Waals surface area (Å²) in [7, 11) is 1.94. The van der Waals surface area contributed by atoms with E-state index in [0.29, 0.717) is 19.4 Å². The number of Topliss-reactive ketones (excluding diaryl/α,β-unsaturated/α-hetero) is 1. The number of benzene rings is 1. The van der Waals surface area contributed by atoms with Crippen molar-refractivity contribution >= 4 is 5.78 Å². The van der Waals surface area contributed by atoms with Gasteiger partial charge in [-0.15, -0.1) is 0 Å². The highest BCUT2D eigenvalue weighted by Crippen LogP contribution is 2.13. The van der Waals surface area contributed by atoms with Gasteiger partial charge in [0.05, 0.1) is 0 Å². The van der Waals surface area contributed by atoms with Crippen LogP contribution in [0.25, 0.3) is 0 Å². The molecule has 2 aromatic rings. The maximum Gasteiger partial charge on any atom is 0.163 e. The van der Waals surface area contributed by atoms with Crippen LogP contribution in [0.15, 0.2) is 36.7 Å². The molecule has 100 valence electrons. The summed E-state index contributed by atoms with van der Waals surface area (Å²) < 4.78 is 1.94. The van der Waals surface area contributed by atoms with Crippen molar-refractivity contribution in [3.8, 4) is 0 Å². The van der Waals surface area contributed by atoms with Crippen LogP contribution in [0.3, 0.4) is 0 Å². The zero-order valence-electron chi connectivity index (χ0n) is 11.2. The molecule has 2 rings (SSSR count). The van der Waals surface area contributed by atoms with Crippen molar-refractivity contribution in [1.82, 2.24) is 9.55 Å². The molecule has 0 aliphatic rings. The average Bonchev–Trinajstić information content (AvgIpc) is 2.82. The third-order valence-corrected chi connectivity index (χ3v) is 3.23. The summed E-state index contributed by atoms with van der Waals surface area (Å²) in [5, 5.41) is 0. The summed E-state index contributed by atoms with van der Waals surface area (Å²) in [5.41, 5.74) is 7.41. The number of rotatable bonds is 6. The molecule has 0 amide bonds. The number of hydrogen-bond acceptors (Lipinski definition) is 3. The van der Waals surface area contributed by atoms with E-state index in [4.69, 9.17) is 5.73 Å². The smallest absolute Gasteiger partial charge is 0.163 e. The van der Waals surface area contributed by atoms with Crippen molar-refractivity contribution in [2.45, 2.75) is 19.3 Å². The first-order chi connectivity index (χ1) is 9.22. The van der Waals surface area contributed by atoms with Gasteiger partial charge < -0.3 is 10.3 Å². The van der Waals surface area contributed by atoms with E-state index in [1.807, 2.05) is 42.1 Å². The predicted molar refractivity (Wildman–Crippen MR) is 75.1 cm³/mol. The van der Waals surface area contributed by atoms with Crippen LogP contribution in [0.2, 0.25) is 0 Å². The molecular weight excluding hydrogens is 238 g/mol. The van der Waals surface area contributed by atoms with Crippen LogP contribution in [0.4, 0.5) is 0 Å². The lowest BCUT2D eigenvalue weighted by Crippen LogP contribution is -2.10. The minimum Gasteiger partial charge on any atom is -0.338 e. The largest absolute Gasteiger partial charge is 0.338 e. The molecule has 0 bridgehead atoms. The van der Waals surface area contributed by atoms with Crippen molar-refractivity contribution in [3.05, 3.63) is 53.6 Å². The Balaban J connectivity index is 2.06. The molecule has 0 saturated heterocycles. The maximum absolute atomic E-state index is 12.3. The van der Waals surface area contributed by atoms with Crippen molar-refractivity contribution in [2.24, 2.45) is 12.8 Å². The predicted octanol–water partition coefficient (Wildman–Crippen LogP) is 1.74. The van der Waals surface area contributed by atoms with Gasteiger partial charge in [0.15, 0.2) is 5.78 Å². The van der Waals surface area contributed by atoms with E-state index in [-0.39, 0.29) is 5.78 Å². The molecule has 1 aromatic heterocycles. The molecule has 0 spiro atoms. The average molecular weight is 257 g/mol. The summed E-state index contributed by atoms with van der Waals surface area (Å²) in [4.78, 5) is 16.5. The SMILES string of the molecule is Cn1ccnc1CCC(=O)c1ccccc1CCN. The number of nitrogens with two attached hydrogens (primary N) is 1. The Bertz CT molecular complexity index is 560. The zero-order valence-corrected chi connectivity index (χ0v) is 11.2. The third-order valence-electron chi connectivity index (χ3n) is 3.23. The van der Waals surface area contributed by atoms with Crippen LogP contribution < -0.4 is 5.73 Å². The molecule has 0 unspecified atom stereocenters. The Hall–Kier alpha value is -1.94. The van der Waals surface area contributed by atoms with Gasteiger partial charge in [0.1, 0.15) is 5.82 Å². The van der Waals surface area contributed by atoms with E-state index in [2.05, 4.69) is 4.98 Å². The highest BCUT2D eigenvalue weighted by atomic mass is 16.1. The Labute approximate surface area is 113 Å². The first-order valence-corrected chi connectivity index (χ1v) is 6.49. The van der Waals surface area contributed by atoms with Crippen LogP contribution in [0, 0.1) is 0 Å². The minimum atomic E-state index is 0.159. The normalized spacial score (nSPS) is 10.6. The maximum atomic E-state index is 12.3. The van der Waals surface area contributed by atoms with E-state index in [1.54, 1.807) is 6.20 Å². The Kier molecular flexibility index (Phi) is 4.47. The number of aromatic nitrogens is 2. The molecule has 1 heterocycles. The first-order valence-electron chi connectivity index (χ1n) is 6.49. The quantitative estimate of drug-likeness (QED) is 0.802. The summed E-state index contributed by atoms with van der Waals surface area (Å²) in [5.74, 6) is 1.09. The monoisotopic (exact) mass is 257 g/mol. The van der Waals surface area contributed by atoms with E-state index in [9.17, 15) is 4.79 Å². The van der Waals surface area contributed by atoms with Crippen molar-refractivity contribution < 1.29 is 4.79 Å². The fraction of sp³-hybridized carbons (Fsp3) is 0.333. The number of imidazole rings is 1. The van der Waals surface area contributed by atoms with Gasteiger partial charge in [0.2, 0.25) is 0 Å². The summed E-state index contributed by atoms with van der Waals surface area (Å²) in [6.07, 6.45) is 5.53. The molecule has 0 aliphatic carbocycles. The molecule has 0 radical (unpaired) electrons. The lowest BCUT2D eigenvalue weighted by molar-refractivity contribution is 0.0981. The molecule has 0 saturated carbocycles. The topological polar surface area (TPSA) is 60.9 Å².